The van der Waals surface area contributed by atoms with Gasteiger partial charge in [-0.2, -0.15) is 0 Å². The van der Waals surface area contributed by atoms with Crippen LogP contribution in [0.2, 0.25) is 0 Å². The van der Waals surface area contributed by atoms with Gasteiger partial charge in [0.25, 0.3) is 0 Å². The molecule has 1 atom stereocenters. The Balaban J connectivity index is 1.23. The number of hydrogen-bond acceptors (Lipinski definition) is 8. The maximum Gasteiger partial charge on any atom is 0.230 e. The van der Waals surface area contributed by atoms with Crippen molar-refractivity contribution < 1.29 is 23.4 Å². The lowest BCUT2D eigenvalue weighted by Gasteiger charge is -2.35. The summed E-state index contributed by atoms with van der Waals surface area (Å²) in [4.78, 5) is 30.0. The van der Waals surface area contributed by atoms with E-state index in [1.165, 1.54) is 12.1 Å². The molecule has 0 spiro atoms. The van der Waals surface area contributed by atoms with Crippen molar-refractivity contribution in [3.05, 3.63) is 78.5 Å². The Morgan fingerprint density at radius 2 is 1.83 bits per heavy atom. The molecule has 10 nitrogen and oxygen atoms in total. The first-order valence-electron chi connectivity index (χ1n) is 13.6. The van der Waals surface area contributed by atoms with Gasteiger partial charge in [0.15, 0.2) is 5.82 Å². The summed E-state index contributed by atoms with van der Waals surface area (Å²) in [7, 11) is 0. The Labute approximate surface area is 236 Å². The lowest BCUT2D eigenvalue weighted by Crippen LogP contribution is -2.49. The van der Waals surface area contributed by atoms with Gasteiger partial charge >= 0.3 is 0 Å². The van der Waals surface area contributed by atoms with Crippen LogP contribution in [-0.2, 0) is 19.0 Å². The number of para-hydroxylation sites is 1. The molecule has 1 amide bonds. The Morgan fingerprint density at radius 3 is 2.56 bits per heavy atom. The van der Waals surface area contributed by atoms with Crippen molar-refractivity contribution >= 4 is 17.5 Å². The van der Waals surface area contributed by atoms with Crippen molar-refractivity contribution in [1.29, 1.82) is 0 Å². The van der Waals surface area contributed by atoms with Crippen molar-refractivity contribution in [3.63, 3.8) is 0 Å². The number of amides is 1. The smallest absolute Gasteiger partial charge is 0.230 e. The fourth-order valence-electron chi connectivity index (χ4n) is 4.84. The molecule has 2 fully saturated rings. The van der Waals surface area contributed by atoms with Crippen molar-refractivity contribution in [2.75, 3.05) is 31.7 Å². The number of aromatic nitrogens is 4. The lowest BCUT2D eigenvalue weighted by atomic mass is 9.91. The molecule has 212 valence electrons. The van der Waals surface area contributed by atoms with Crippen molar-refractivity contribution in [1.82, 2.24) is 25.3 Å². The molecule has 0 saturated carbocycles. The zero-order valence-electron chi connectivity index (χ0n) is 22.6. The first kappa shape index (κ1) is 27.0. The number of H-pyrrole nitrogens is 1. The molecular formula is C30H31FN6O4. The van der Waals surface area contributed by atoms with Gasteiger partial charge in [0.2, 0.25) is 18.1 Å². The van der Waals surface area contributed by atoms with Crippen LogP contribution in [0, 0.1) is 11.2 Å². The molecule has 2 aliphatic rings. The summed E-state index contributed by atoms with van der Waals surface area (Å²) in [6.45, 7) is 3.32. The molecule has 4 heterocycles. The molecule has 4 aromatic rings. The maximum absolute atomic E-state index is 13.7. The number of ether oxygens (including phenoxy) is 3. The highest BCUT2D eigenvalue weighted by Crippen LogP contribution is 2.36. The van der Waals surface area contributed by atoms with Crippen molar-refractivity contribution in [2.24, 2.45) is 5.41 Å². The molecule has 2 aromatic heterocycles. The molecule has 11 heteroatoms. The zero-order chi connectivity index (χ0) is 28.2. The van der Waals surface area contributed by atoms with Crippen molar-refractivity contribution in [2.45, 2.75) is 32.2 Å². The van der Waals surface area contributed by atoms with E-state index in [0.717, 1.165) is 25.1 Å². The van der Waals surface area contributed by atoms with E-state index >= 15 is 0 Å². The SMILES string of the molecule is CC1(C(=O)NCC2CCCO2)COC(c2nc(-c3ccc(F)cc3)c(-c3ccnc(Nc4ccccc4)n3)[nH]2)OC1. The van der Waals surface area contributed by atoms with Crippen LogP contribution in [0.25, 0.3) is 22.6 Å². The number of carbonyl (C=O) groups is 1. The summed E-state index contributed by atoms with van der Waals surface area (Å²) >= 11 is 0. The zero-order valence-corrected chi connectivity index (χ0v) is 22.6. The second kappa shape index (κ2) is 11.7. The molecule has 3 N–H and O–H groups in total. The molecule has 0 aliphatic carbocycles. The van der Waals surface area contributed by atoms with Gasteiger partial charge in [0, 0.05) is 30.6 Å². The predicted octanol–water partition coefficient (Wildman–Crippen LogP) is 4.76. The van der Waals surface area contributed by atoms with Crippen LogP contribution in [0.3, 0.4) is 0 Å². The second-order valence-electron chi connectivity index (χ2n) is 10.5. The highest BCUT2D eigenvalue weighted by Gasteiger charge is 2.41. The predicted molar refractivity (Wildman–Crippen MR) is 149 cm³/mol. The van der Waals surface area contributed by atoms with E-state index in [2.05, 4.69) is 25.6 Å². The van der Waals surface area contributed by atoms with Crippen molar-refractivity contribution in [3.8, 4) is 22.6 Å². The number of aromatic amines is 1. The minimum Gasteiger partial charge on any atom is -0.376 e. The summed E-state index contributed by atoms with van der Waals surface area (Å²) in [5.41, 5.74) is 2.41. The highest BCUT2D eigenvalue weighted by atomic mass is 19.1. The third-order valence-electron chi connectivity index (χ3n) is 7.17. The Hall–Kier alpha value is -4.19. The topological polar surface area (TPSA) is 123 Å². The van der Waals surface area contributed by atoms with E-state index in [-0.39, 0.29) is 31.0 Å². The fraction of sp³-hybridized carbons (Fsp3) is 0.333. The van der Waals surface area contributed by atoms with Crippen LogP contribution in [-0.4, -0.2) is 58.3 Å². The molecular weight excluding hydrogens is 527 g/mol. The number of benzene rings is 2. The third-order valence-corrected chi connectivity index (χ3v) is 7.17. The molecule has 2 saturated heterocycles. The summed E-state index contributed by atoms with van der Waals surface area (Å²) < 4.78 is 31.4. The van der Waals surface area contributed by atoms with Gasteiger partial charge in [-0.1, -0.05) is 18.2 Å². The molecule has 2 aliphatic heterocycles. The van der Waals surface area contributed by atoms with Crippen LogP contribution >= 0.6 is 0 Å². The minimum atomic E-state index is -0.852. The van der Waals surface area contributed by atoms with E-state index in [0.29, 0.717) is 41.0 Å². The van der Waals surface area contributed by atoms with E-state index in [4.69, 9.17) is 19.2 Å². The molecule has 41 heavy (non-hydrogen) atoms. The Morgan fingerprint density at radius 1 is 1.05 bits per heavy atom. The van der Waals surface area contributed by atoms with Gasteiger partial charge in [-0.25, -0.2) is 19.3 Å². The Bertz CT molecular complexity index is 1480. The summed E-state index contributed by atoms with van der Waals surface area (Å²) in [6, 6.07) is 17.4. The lowest BCUT2D eigenvalue weighted by molar-refractivity contribution is -0.231. The van der Waals surface area contributed by atoms with E-state index in [9.17, 15) is 9.18 Å². The quantitative estimate of drug-likeness (QED) is 0.283. The molecule has 1 unspecified atom stereocenters. The fourth-order valence-corrected chi connectivity index (χ4v) is 4.84. The third kappa shape index (κ3) is 6.12. The van der Waals surface area contributed by atoms with E-state index in [1.807, 2.05) is 37.3 Å². The van der Waals surface area contributed by atoms with Crippen LogP contribution in [0.4, 0.5) is 16.0 Å². The number of imidazole rings is 1. The first-order chi connectivity index (χ1) is 20.0. The van der Waals surface area contributed by atoms with Gasteiger partial charge in [0.05, 0.1) is 41.8 Å². The number of rotatable bonds is 8. The average Bonchev–Trinajstić information content (AvgIpc) is 3.68. The monoisotopic (exact) mass is 558 g/mol. The van der Waals surface area contributed by atoms with Gasteiger partial charge in [-0.15, -0.1) is 0 Å². The van der Waals surface area contributed by atoms with Crippen LogP contribution in [0.15, 0.2) is 66.9 Å². The highest BCUT2D eigenvalue weighted by molar-refractivity contribution is 5.82. The summed E-state index contributed by atoms with van der Waals surface area (Å²) in [6.07, 6.45) is 2.83. The maximum atomic E-state index is 13.7. The standard InChI is InChI=1S/C30H31FN6O4/c1-30(28(38)33-16-22-8-5-15-39-22)17-40-27(41-18-30)26-36-24(19-9-11-20(31)12-10-19)25(37-26)23-13-14-32-29(35-23)34-21-6-3-2-4-7-21/h2-4,6-7,9-14,22,27H,5,8,15-18H2,1H3,(H,33,38)(H,36,37)(H,32,34,35). The van der Waals surface area contributed by atoms with Gasteiger partial charge in [-0.3, -0.25) is 4.79 Å². The largest absolute Gasteiger partial charge is 0.376 e. The van der Waals surface area contributed by atoms with Gasteiger partial charge in [0.1, 0.15) is 5.82 Å². The number of halogens is 1. The minimum absolute atomic E-state index is 0.0531. The van der Waals surface area contributed by atoms with E-state index < -0.39 is 11.7 Å². The molecule has 2 aromatic carbocycles. The van der Waals surface area contributed by atoms with Crippen LogP contribution in [0.5, 0.6) is 0 Å². The molecule has 0 radical (unpaired) electrons. The van der Waals surface area contributed by atoms with E-state index in [1.54, 1.807) is 24.4 Å². The molecule has 6 rings (SSSR count). The van der Waals surface area contributed by atoms with Crippen LogP contribution in [0.1, 0.15) is 31.9 Å². The summed E-state index contributed by atoms with van der Waals surface area (Å²) in [5, 5.41) is 6.17. The number of anilines is 2. The number of hydrogen-bond donors (Lipinski definition) is 3. The first-order valence-corrected chi connectivity index (χ1v) is 13.6. The average molecular weight is 559 g/mol. The number of nitrogens with zero attached hydrogens (tertiary/aromatic N) is 3. The molecule has 0 bridgehead atoms. The normalized spacial score (nSPS) is 22.4. The van der Waals surface area contributed by atoms with Gasteiger partial charge < -0.3 is 29.8 Å². The van der Waals surface area contributed by atoms with Gasteiger partial charge in [-0.05, 0) is 62.2 Å². The second-order valence-corrected chi connectivity index (χ2v) is 10.5. The Kier molecular flexibility index (Phi) is 7.73. The number of carbonyl (C=O) groups excluding carboxylic acids is 1. The number of nitrogens with one attached hydrogen (secondary N) is 3. The summed E-state index contributed by atoms with van der Waals surface area (Å²) in [5.74, 6) is 0.332. The van der Waals surface area contributed by atoms with Crippen LogP contribution < -0.4 is 10.6 Å².